The first-order valence-corrected chi connectivity index (χ1v) is 3.43. The SMILES string of the molecule is C=C/C=c1/ncnc/c1=C/C. The summed E-state index contributed by atoms with van der Waals surface area (Å²) in [5.74, 6) is 0. The Kier molecular flexibility index (Phi) is 2.55. The summed E-state index contributed by atoms with van der Waals surface area (Å²) in [6.45, 7) is 5.56. The lowest BCUT2D eigenvalue weighted by molar-refractivity contribution is 1.10. The van der Waals surface area contributed by atoms with Crippen LogP contribution in [-0.4, -0.2) is 9.97 Å². The predicted molar refractivity (Wildman–Crippen MR) is 46.1 cm³/mol. The molecule has 0 aliphatic carbocycles. The first-order chi connectivity index (χ1) is 5.38. The molecule has 0 fully saturated rings. The highest BCUT2D eigenvalue weighted by molar-refractivity contribution is 5.34. The molecule has 1 aromatic heterocycles. The van der Waals surface area contributed by atoms with Crippen molar-refractivity contribution in [3.8, 4) is 0 Å². The summed E-state index contributed by atoms with van der Waals surface area (Å²) in [5, 5.41) is 1.95. The van der Waals surface area contributed by atoms with E-state index in [1.807, 2.05) is 19.1 Å². The minimum absolute atomic E-state index is 0.914. The standard InChI is InChI=1S/C9H10N2/c1-3-5-9-8(4-2)6-10-7-11-9/h3-7H,1H2,2H3/b8-4-,9-5+. The highest BCUT2D eigenvalue weighted by Gasteiger charge is 1.80. The Morgan fingerprint density at radius 1 is 1.55 bits per heavy atom. The van der Waals surface area contributed by atoms with E-state index >= 15 is 0 Å². The van der Waals surface area contributed by atoms with Crippen LogP contribution in [0.5, 0.6) is 0 Å². The molecule has 0 atom stereocenters. The molecule has 0 amide bonds. The van der Waals surface area contributed by atoms with E-state index < -0.39 is 0 Å². The van der Waals surface area contributed by atoms with Crippen LogP contribution in [-0.2, 0) is 0 Å². The fraction of sp³-hybridized carbons (Fsp3) is 0.111. The fourth-order valence-electron chi connectivity index (χ4n) is 0.823. The van der Waals surface area contributed by atoms with E-state index in [9.17, 15) is 0 Å². The zero-order chi connectivity index (χ0) is 8.10. The van der Waals surface area contributed by atoms with Crippen molar-refractivity contribution >= 4 is 12.2 Å². The molecule has 0 N–H and O–H groups in total. The monoisotopic (exact) mass is 146 g/mol. The van der Waals surface area contributed by atoms with Crippen LogP contribution in [0.2, 0.25) is 0 Å². The first-order valence-electron chi connectivity index (χ1n) is 3.43. The molecule has 0 aliphatic heterocycles. The van der Waals surface area contributed by atoms with E-state index in [0.717, 1.165) is 10.6 Å². The number of allylic oxidation sites excluding steroid dienone is 1. The molecule has 2 nitrogen and oxygen atoms in total. The van der Waals surface area contributed by atoms with Crippen molar-refractivity contribution in [2.75, 3.05) is 0 Å². The third-order valence-corrected chi connectivity index (χ3v) is 1.36. The van der Waals surface area contributed by atoms with Gasteiger partial charge in [-0.05, 0) is 13.0 Å². The van der Waals surface area contributed by atoms with Crippen molar-refractivity contribution < 1.29 is 0 Å². The van der Waals surface area contributed by atoms with Crippen LogP contribution in [0, 0.1) is 0 Å². The van der Waals surface area contributed by atoms with E-state index in [2.05, 4.69) is 16.5 Å². The highest BCUT2D eigenvalue weighted by Crippen LogP contribution is 1.63. The molecule has 0 aromatic carbocycles. The molecule has 1 rings (SSSR count). The number of nitrogens with zero attached hydrogens (tertiary/aromatic N) is 2. The van der Waals surface area contributed by atoms with Gasteiger partial charge in [-0.15, -0.1) is 0 Å². The average molecular weight is 146 g/mol. The van der Waals surface area contributed by atoms with Crippen LogP contribution < -0.4 is 10.6 Å². The maximum atomic E-state index is 4.07. The van der Waals surface area contributed by atoms with Gasteiger partial charge < -0.3 is 0 Å². The van der Waals surface area contributed by atoms with E-state index in [1.165, 1.54) is 6.33 Å². The molecule has 0 aliphatic rings. The van der Waals surface area contributed by atoms with Gasteiger partial charge in [0.25, 0.3) is 0 Å². The Bertz CT molecular complexity index is 352. The summed E-state index contributed by atoms with van der Waals surface area (Å²) >= 11 is 0. The van der Waals surface area contributed by atoms with E-state index in [0.29, 0.717) is 0 Å². The minimum atomic E-state index is 0.914. The maximum absolute atomic E-state index is 4.07. The maximum Gasteiger partial charge on any atom is 0.116 e. The van der Waals surface area contributed by atoms with Crippen molar-refractivity contribution in [1.29, 1.82) is 0 Å². The van der Waals surface area contributed by atoms with Crippen molar-refractivity contribution in [2.45, 2.75) is 6.92 Å². The van der Waals surface area contributed by atoms with Gasteiger partial charge in [-0.25, -0.2) is 9.97 Å². The largest absolute Gasteiger partial charge is 0.244 e. The lowest BCUT2D eigenvalue weighted by atomic mass is 10.3. The molecule has 56 valence electrons. The molecular formula is C9H10N2. The molecule has 1 aromatic rings. The van der Waals surface area contributed by atoms with E-state index in [-0.39, 0.29) is 0 Å². The van der Waals surface area contributed by atoms with Crippen molar-refractivity contribution in [2.24, 2.45) is 0 Å². The minimum Gasteiger partial charge on any atom is -0.244 e. The van der Waals surface area contributed by atoms with Crippen LogP contribution >= 0.6 is 0 Å². The second kappa shape index (κ2) is 3.66. The van der Waals surface area contributed by atoms with Gasteiger partial charge in [-0.1, -0.05) is 18.7 Å². The molecule has 0 bridgehead atoms. The summed E-state index contributed by atoms with van der Waals surface area (Å²) in [5.41, 5.74) is 0. The average Bonchev–Trinajstić information content (AvgIpc) is 2.06. The second-order valence-electron chi connectivity index (χ2n) is 2.05. The Morgan fingerprint density at radius 3 is 3.00 bits per heavy atom. The van der Waals surface area contributed by atoms with Gasteiger partial charge in [0.05, 0.1) is 5.35 Å². The Morgan fingerprint density at radius 2 is 2.36 bits per heavy atom. The molecule has 2 heteroatoms. The zero-order valence-corrected chi connectivity index (χ0v) is 6.49. The number of rotatable bonds is 1. The van der Waals surface area contributed by atoms with Gasteiger partial charge in [0.15, 0.2) is 0 Å². The second-order valence-corrected chi connectivity index (χ2v) is 2.05. The van der Waals surface area contributed by atoms with Crippen LogP contribution in [0.3, 0.4) is 0 Å². The van der Waals surface area contributed by atoms with Gasteiger partial charge in [0.1, 0.15) is 6.33 Å². The van der Waals surface area contributed by atoms with Crippen LogP contribution in [0.25, 0.3) is 12.2 Å². The predicted octanol–water partition coefficient (Wildman–Crippen LogP) is 0.243. The first kappa shape index (κ1) is 7.66. The third kappa shape index (κ3) is 1.74. The van der Waals surface area contributed by atoms with Gasteiger partial charge in [0.2, 0.25) is 0 Å². The summed E-state index contributed by atoms with van der Waals surface area (Å²) < 4.78 is 0. The summed E-state index contributed by atoms with van der Waals surface area (Å²) in [6.07, 6.45) is 8.85. The number of hydrogen-bond donors (Lipinski definition) is 0. The van der Waals surface area contributed by atoms with E-state index in [4.69, 9.17) is 0 Å². The Hall–Kier alpha value is -1.44. The van der Waals surface area contributed by atoms with Crippen LogP contribution in [0.1, 0.15) is 6.92 Å². The molecule has 0 radical (unpaired) electrons. The van der Waals surface area contributed by atoms with Gasteiger partial charge in [-0.2, -0.15) is 0 Å². The van der Waals surface area contributed by atoms with Gasteiger partial charge >= 0.3 is 0 Å². The summed E-state index contributed by atoms with van der Waals surface area (Å²) in [4.78, 5) is 7.97. The number of aromatic nitrogens is 2. The van der Waals surface area contributed by atoms with Crippen molar-refractivity contribution in [3.63, 3.8) is 0 Å². The Labute approximate surface area is 65.6 Å². The Balaban J connectivity index is 3.48. The lowest BCUT2D eigenvalue weighted by Gasteiger charge is -1.84. The topological polar surface area (TPSA) is 25.8 Å². The highest BCUT2D eigenvalue weighted by atomic mass is 14.8. The molecule has 0 spiro atoms. The lowest BCUT2D eigenvalue weighted by Crippen LogP contribution is -2.27. The van der Waals surface area contributed by atoms with E-state index in [1.54, 1.807) is 12.3 Å². The van der Waals surface area contributed by atoms with Crippen LogP contribution in [0.4, 0.5) is 0 Å². The third-order valence-electron chi connectivity index (χ3n) is 1.36. The van der Waals surface area contributed by atoms with Gasteiger partial charge in [-0.3, -0.25) is 0 Å². The normalized spacial score (nSPS) is 13.5. The quantitative estimate of drug-likeness (QED) is 0.567. The molecular weight excluding hydrogens is 136 g/mol. The van der Waals surface area contributed by atoms with Crippen molar-refractivity contribution in [3.05, 3.63) is 35.7 Å². The van der Waals surface area contributed by atoms with Crippen molar-refractivity contribution in [1.82, 2.24) is 9.97 Å². The summed E-state index contributed by atoms with van der Waals surface area (Å²) in [6, 6.07) is 0. The smallest absolute Gasteiger partial charge is 0.116 e. The number of hydrogen-bond acceptors (Lipinski definition) is 2. The molecule has 0 saturated heterocycles. The zero-order valence-electron chi connectivity index (χ0n) is 6.49. The molecule has 1 heterocycles. The summed E-state index contributed by atoms with van der Waals surface area (Å²) in [7, 11) is 0. The van der Waals surface area contributed by atoms with Crippen LogP contribution in [0.15, 0.2) is 25.2 Å². The molecule has 11 heavy (non-hydrogen) atoms. The van der Waals surface area contributed by atoms with Gasteiger partial charge in [0, 0.05) is 11.4 Å². The molecule has 0 unspecified atom stereocenters. The fourth-order valence-corrected chi connectivity index (χ4v) is 0.823. The molecule has 0 saturated carbocycles.